The van der Waals surface area contributed by atoms with Crippen LogP contribution in [0.4, 0.5) is 5.69 Å². The molecule has 2 aliphatic heterocycles. The largest absolute Gasteiger partial charge is 0.387 e. The van der Waals surface area contributed by atoms with E-state index in [0.29, 0.717) is 16.8 Å². The molecule has 1 saturated heterocycles. The third kappa shape index (κ3) is 1.97. The molecule has 21 heavy (non-hydrogen) atoms. The van der Waals surface area contributed by atoms with E-state index in [0.717, 1.165) is 4.90 Å². The van der Waals surface area contributed by atoms with E-state index in [-0.39, 0.29) is 18.7 Å². The zero-order valence-electron chi connectivity index (χ0n) is 11.4. The number of piperidine rings is 1. The summed E-state index contributed by atoms with van der Waals surface area (Å²) in [6, 6.07) is 4.26. The number of aliphatic hydroxyl groups is 1. The summed E-state index contributed by atoms with van der Waals surface area (Å²) in [6.45, 7) is 0. The summed E-state index contributed by atoms with van der Waals surface area (Å²) in [5.74, 6) is -1.17. The highest BCUT2D eigenvalue weighted by atomic mass is 16.3. The number of fused-ring (bicyclic) bond motifs is 1. The Morgan fingerprint density at radius 1 is 1.29 bits per heavy atom. The molecule has 7 nitrogen and oxygen atoms in total. The van der Waals surface area contributed by atoms with Gasteiger partial charge in [0.1, 0.15) is 6.23 Å². The van der Waals surface area contributed by atoms with Gasteiger partial charge >= 0.3 is 0 Å². The van der Waals surface area contributed by atoms with Gasteiger partial charge in [-0.1, -0.05) is 6.07 Å². The quantitative estimate of drug-likeness (QED) is 0.662. The number of anilines is 1. The molecule has 3 N–H and O–H groups in total. The fourth-order valence-electron chi connectivity index (χ4n) is 2.85. The second kappa shape index (κ2) is 4.85. The zero-order chi connectivity index (χ0) is 15.1. The summed E-state index contributed by atoms with van der Waals surface area (Å²) in [4.78, 5) is 37.3. The van der Waals surface area contributed by atoms with Gasteiger partial charge in [0.05, 0.1) is 17.2 Å². The van der Waals surface area contributed by atoms with Gasteiger partial charge in [0.15, 0.2) is 0 Å². The third-order valence-corrected chi connectivity index (χ3v) is 3.89. The number of carbonyl (C=O) groups is 3. The third-order valence-electron chi connectivity index (χ3n) is 3.89. The number of carbonyl (C=O) groups excluding carboxylic acids is 3. The maximum Gasteiger partial charge on any atom is 0.264 e. The lowest BCUT2D eigenvalue weighted by Gasteiger charge is -2.33. The van der Waals surface area contributed by atoms with Crippen LogP contribution in [-0.2, 0) is 4.79 Å². The Labute approximate surface area is 120 Å². The van der Waals surface area contributed by atoms with E-state index in [9.17, 15) is 19.5 Å². The van der Waals surface area contributed by atoms with Crippen molar-refractivity contribution in [1.29, 1.82) is 0 Å². The van der Waals surface area contributed by atoms with Crippen LogP contribution in [0.2, 0.25) is 0 Å². The number of rotatable bonds is 2. The van der Waals surface area contributed by atoms with Gasteiger partial charge in [0, 0.05) is 19.2 Å². The summed E-state index contributed by atoms with van der Waals surface area (Å²) in [6.07, 6.45) is -0.798. The second-order valence-electron chi connectivity index (χ2n) is 5.08. The molecule has 7 heteroatoms. The van der Waals surface area contributed by atoms with Gasteiger partial charge in [-0.2, -0.15) is 0 Å². The van der Waals surface area contributed by atoms with Gasteiger partial charge < -0.3 is 15.7 Å². The van der Waals surface area contributed by atoms with Crippen LogP contribution in [-0.4, -0.2) is 47.0 Å². The average molecular weight is 289 g/mol. The zero-order valence-corrected chi connectivity index (χ0v) is 11.4. The molecule has 3 amide bonds. The van der Waals surface area contributed by atoms with Crippen LogP contribution in [0.5, 0.6) is 0 Å². The van der Waals surface area contributed by atoms with Gasteiger partial charge in [-0.25, -0.2) is 0 Å². The van der Waals surface area contributed by atoms with Crippen LogP contribution in [0.15, 0.2) is 18.2 Å². The number of hydrogen-bond acceptors (Lipinski definition) is 5. The minimum atomic E-state index is -1.23. The number of aliphatic hydroxyl groups excluding tert-OH is 1. The Balaban J connectivity index is 1.98. The van der Waals surface area contributed by atoms with Crippen LogP contribution >= 0.6 is 0 Å². The first kappa shape index (κ1) is 13.6. The Kier molecular flexibility index (Phi) is 3.13. The number of amides is 3. The minimum Gasteiger partial charge on any atom is -0.387 e. The number of nitrogens with zero attached hydrogens (tertiary/aromatic N) is 1. The summed E-state index contributed by atoms with van der Waals surface area (Å²) >= 11 is 0. The lowest BCUT2D eigenvalue weighted by molar-refractivity contribution is -0.129. The van der Waals surface area contributed by atoms with E-state index in [2.05, 4.69) is 10.6 Å². The molecule has 0 saturated carbocycles. The highest BCUT2D eigenvalue weighted by Crippen LogP contribution is 2.32. The summed E-state index contributed by atoms with van der Waals surface area (Å²) in [5.41, 5.74) is 1.20. The average Bonchev–Trinajstić information content (AvgIpc) is 2.72. The molecular formula is C14H15N3O4. The second-order valence-corrected chi connectivity index (χ2v) is 5.08. The normalized spacial score (nSPS) is 24.9. The van der Waals surface area contributed by atoms with Gasteiger partial charge in [0.25, 0.3) is 11.8 Å². The number of nitrogens with one attached hydrogen (secondary N) is 2. The SMILES string of the molecule is CNc1cccc2c1C(=O)N(C1CCC(=O)NC1O)C2=O. The number of benzene rings is 1. The Morgan fingerprint density at radius 2 is 2.05 bits per heavy atom. The van der Waals surface area contributed by atoms with E-state index in [1.165, 1.54) is 0 Å². The first-order valence-electron chi connectivity index (χ1n) is 6.70. The molecule has 1 aromatic carbocycles. The van der Waals surface area contributed by atoms with Crippen LogP contribution in [0.1, 0.15) is 33.6 Å². The molecule has 1 fully saturated rings. The van der Waals surface area contributed by atoms with Crippen molar-refractivity contribution in [1.82, 2.24) is 10.2 Å². The van der Waals surface area contributed by atoms with Crippen LogP contribution in [0.3, 0.4) is 0 Å². The summed E-state index contributed by atoms with van der Waals surface area (Å²) in [7, 11) is 1.67. The van der Waals surface area contributed by atoms with Crippen molar-refractivity contribution >= 4 is 23.4 Å². The molecule has 0 bridgehead atoms. The van der Waals surface area contributed by atoms with Crippen molar-refractivity contribution < 1.29 is 19.5 Å². The number of imide groups is 1. The molecule has 0 radical (unpaired) electrons. The van der Waals surface area contributed by atoms with E-state index >= 15 is 0 Å². The summed E-state index contributed by atoms with van der Waals surface area (Å²) in [5, 5.41) is 15.2. The molecule has 2 aliphatic rings. The molecule has 2 heterocycles. The number of hydrogen-bond donors (Lipinski definition) is 3. The summed E-state index contributed by atoms with van der Waals surface area (Å²) < 4.78 is 0. The molecule has 0 aliphatic carbocycles. The maximum absolute atomic E-state index is 12.6. The maximum atomic E-state index is 12.6. The smallest absolute Gasteiger partial charge is 0.264 e. The first-order chi connectivity index (χ1) is 10.0. The van der Waals surface area contributed by atoms with Crippen molar-refractivity contribution in [2.75, 3.05) is 12.4 Å². The van der Waals surface area contributed by atoms with Gasteiger partial charge in [-0.15, -0.1) is 0 Å². The van der Waals surface area contributed by atoms with E-state index < -0.39 is 24.1 Å². The fraction of sp³-hybridized carbons (Fsp3) is 0.357. The Morgan fingerprint density at radius 3 is 2.71 bits per heavy atom. The van der Waals surface area contributed by atoms with Crippen molar-refractivity contribution in [2.45, 2.75) is 25.1 Å². The molecule has 110 valence electrons. The topological polar surface area (TPSA) is 98.7 Å². The highest BCUT2D eigenvalue weighted by Gasteiger charge is 2.45. The molecule has 1 aromatic rings. The Hall–Kier alpha value is -2.41. The van der Waals surface area contributed by atoms with E-state index in [4.69, 9.17) is 0 Å². The van der Waals surface area contributed by atoms with E-state index in [1.54, 1.807) is 25.2 Å². The lowest BCUT2D eigenvalue weighted by atomic mass is 10.0. The van der Waals surface area contributed by atoms with Crippen molar-refractivity contribution in [2.24, 2.45) is 0 Å². The van der Waals surface area contributed by atoms with Crippen LogP contribution < -0.4 is 10.6 Å². The molecule has 3 rings (SSSR count). The standard InChI is InChI=1S/C14H15N3O4/c1-15-8-4-2-3-7-11(8)14(21)17(13(7)20)9-5-6-10(18)16-12(9)19/h2-4,9,12,15,19H,5-6H2,1H3,(H,16,18). The van der Waals surface area contributed by atoms with Crippen molar-refractivity contribution in [3.8, 4) is 0 Å². The first-order valence-corrected chi connectivity index (χ1v) is 6.70. The van der Waals surface area contributed by atoms with Crippen molar-refractivity contribution in [3.05, 3.63) is 29.3 Å². The predicted molar refractivity (Wildman–Crippen MR) is 73.7 cm³/mol. The van der Waals surface area contributed by atoms with Gasteiger partial charge in [-0.3, -0.25) is 19.3 Å². The van der Waals surface area contributed by atoms with Crippen LogP contribution in [0, 0.1) is 0 Å². The molecule has 2 atom stereocenters. The monoisotopic (exact) mass is 289 g/mol. The van der Waals surface area contributed by atoms with Crippen molar-refractivity contribution in [3.63, 3.8) is 0 Å². The van der Waals surface area contributed by atoms with E-state index in [1.807, 2.05) is 0 Å². The fourth-order valence-corrected chi connectivity index (χ4v) is 2.85. The van der Waals surface area contributed by atoms with Gasteiger partial charge in [0.2, 0.25) is 5.91 Å². The van der Waals surface area contributed by atoms with Gasteiger partial charge in [-0.05, 0) is 18.6 Å². The molecule has 2 unspecified atom stereocenters. The highest BCUT2D eigenvalue weighted by molar-refractivity contribution is 6.24. The van der Waals surface area contributed by atoms with Crippen LogP contribution in [0.25, 0.3) is 0 Å². The Bertz CT molecular complexity index is 643. The minimum absolute atomic E-state index is 0.175. The molecule has 0 aromatic heterocycles. The molecular weight excluding hydrogens is 274 g/mol. The molecule has 0 spiro atoms. The lowest BCUT2D eigenvalue weighted by Crippen LogP contribution is -2.57. The predicted octanol–water partition coefficient (Wildman–Crippen LogP) is -0.0787.